The number of benzene rings is 1. The maximum absolute atomic E-state index is 12.3. The lowest BCUT2D eigenvalue weighted by Crippen LogP contribution is -2.39. The standard InChI is InChI=1S/C23H26N6O3/c1-23(2,3)32-22(30)29-12-10-15(11-13-29)17-14-25-19(24-4)18(26-17)21-28-27-20(31-21)16-8-6-5-7-9-16/h5-10,14H,11-13H2,1-4H3,(H,24,25). The van der Waals surface area contributed by atoms with Gasteiger partial charge in [-0.15, -0.1) is 10.2 Å². The number of amides is 1. The van der Waals surface area contributed by atoms with Crippen molar-refractivity contribution in [2.75, 3.05) is 25.5 Å². The summed E-state index contributed by atoms with van der Waals surface area (Å²) in [5, 5.41) is 11.4. The number of anilines is 1. The van der Waals surface area contributed by atoms with E-state index in [1.165, 1.54) is 0 Å². The van der Waals surface area contributed by atoms with Gasteiger partial charge in [-0.2, -0.15) is 0 Å². The van der Waals surface area contributed by atoms with Crippen molar-refractivity contribution in [1.29, 1.82) is 0 Å². The van der Waals surface area contributed by atoms with Crippen molar-refractivity contribution in [3.8, 4) is 23.0 Å². The molecule has 0 bridgehead atoms. The van der Waals surface area contributed by atoms with E-state index in [1.54, 1.807) is 18.1 Å². The Morgan fingerprint density at radius 1 is 1.16 bits per heavy atom. The number of carbonyl (C=O) groups is 1. The van der Waals surface area contributed by atoms with Crippen molar-refractivity contribution < 1.29 is 13.9 Å². The summed E-state index contributed by atoms with van der Waals surface area (Å²) < 4.78 is 11.3. The second-order valence-corrected chi connectivity index (χ2v) is 8.39. The molecule has 3 aromatic rings. The fourth-order valence-corrected chi connectivity index (χ4v) is 3.29. The Balaban J connectivity index is 1.57. The molecule has 0 saturated heterocycles. The van der Waals surface area contributed by atoms with Gasteiger partial charge in [0.15, 0.2) is 11.5 Å². The first-order valence-corrected chi connectivity index (χ1v) is 10.5. The molecule has 1 amide bonds. The van der Waals surface area contributed by atoms with E-state index in [2.05, 4.69) is 20.5 Å². The lowest BCUT2D eigenvalue weighted by Gasteiger charge is -2.29. The first kappa shape index (κ1) is 21.5. The van der Waals surface area contributed by atoms with Crippen LogP contribution in [-0.4, -0.2) is 56.9 Å². The molecule has 9 nitrogen and oxygen atoms in total. The zero-order valence-electron chi connectivity index (χ0n) is 18.6. The van der Waals surface area contributed by atoms with Crippen LogP contribution in [0.4, 0.5) is 10.6 Å². The minimum Gasteiger partial charge on any atom is -0.444 e. The highest BCUT2D eigenvalue weighted by molar-refractivity contribution is 5.73. The Labute approximate surface area is 186 Å². The van der Waals surface area contributed by atoms with Gasteiger partial charge in [0.2, 0.25) is 5.89 Å². The molecule has 1 aromatic carbocycles. The molecule has 3 heterocycles. The van der Waals surface area contributed by atoms with Gasteiger partial charge in [0.25, 0.3) is 5.89 Å². The highest BCUT2D eigenvalue weighted by atomic mass is 16.6. The number of nitrogens with one attached hydrogen (secondary N) is 1. The van der Waals surface area contributed by atoms with Gasteiger partial charge < -0.3 is 19.4 Å². The number of rotatable bonds is 4. The van der Waals surface area contributed by atoms with Crippen LogP contribution < -0.4 is 5.32 Å². The van der Waals surface area contributed by atoms with Crippen LogP contribution in [-0.2, 0) is 4.74 Å². The molecule has 0 fully saturated rings. The number of ether oxygens (including phenoxy) is 1. The van der Waals surface area contributed by atoms with E-state index >= 15 is 0 Å². The van der Waals surface area contributed by atoms with E-state index in [-0.39, 0.29) is 12.0 Å². The summed E-state index contributed by atoms with van der Waals surface area (Å²) in [7, 11) is 1.76. The normalized spacial score (nSPS) is 14.1. The predicted octanol–water partition coefficient (Wildman–Crippen LogP) is 4.26. The highest BCUT2D eigenvalue weighted by Crippen LogP contribution is 2.29. The van der Waals surface area contributed by atoms with E-state index < -0.39 is 5.60 Å². The van der Waals surface area contributed by atoms with Gasteiger partial charge >= 0.3 is 6.09 Å². The van der Waals surface area contributed by atoms with E-state index in [0.29, 0.717) is 42.6 Å². The molecule has 0 radical (unpaired) electrons. The third-order valence-corrected chi connectivity index (χ3v) is 4.85. The van der Waals surface area contributed by atoms with Crippen molar-refractivity contribution in [2.45, 2.75) is 32.8 Å². The molecule has 0 unspecified atom stereocenters. The molecule has 4 rings (SSSR count). The summed E-state index contributed by atoms with van der Waals surface area (Å²) in [6, 6.07) is 9.56. The number of carbonyl (C=O) groups excluding carboxylic acids is 1. The summed E-state index contributed by atoms with van der Waals surface area (Å²) >= 11 is 0. The molecule has 0 spiro atoms. The average Bonchev–Trinajstić information content (AvgIpc) is 3.28. The fourth-order valence-electron chi connectivity index (χ4n) is 3.29. The van der Waals surface area contributed by atoms with Crippen LogP contribution in [0.2, 0.25) is 0 Å². The Bertz CT molecular complexity index is 1130. The van der Waals surface area contributed by atoms with Crippen LogP contribution in [0.5, 0.6) is 0 Å². The molecule has 0 aliphatic carbocycles. The lowest BCUT2D eigenvalue weighted by molar-refractivity contribution is 0.0270. The summed E-state index contributed by atoms with van der Waals surface area (Å²) in [6.07, 6.45) is 4.01. The average molecular weight is 435 g/mol. The molecule has 1 aliphatic heterocycles. The van der Waals surface area contributed by atoms with E-state index in [1.807, 2.05) is 57.2 Å². The van der Waals surface area contributed by atoms with Gasteiger partial charge in [-0.3, -0.25) is 0 Å². The fraction of sp³-hybridized carbons (Fsp3) is 0.348. The van der Waals surface area contributed by atoms with Crippen molar-refractivity contribution >= 4 is 17.5 Å². The minimum absolute atomic E-state index is 0.286. The largest absolute Gasteiger partial charge is 0.444 e. The molecule has 0 saturated carbocycles. The van der Waals surface area contributed by atoms with Gasteiger partial charge in [0.1, 0.15) is 5.60 Å². The zero-order chi connectivity index (χ0) is 22.7. The summed E-state index contributed by atoms with van der Waals surface area (Å²) in [5.41, 5.74) is 2.51. The molecule has 1 N–H and O–H groups in total. The molecule has 0 atom stereocenters. The third kappa shape index (κ3) is 4.77. The lowest BCUT2D eigenvalue weighted by atomic mass is 10.1. The van der Waals surface area contributed by atoms with Crippen molar-refractivity contribution in [1.82, 2.24) is 25.1 Å². The van der Waals surface area contributed by atoms with Crippen molar-refractivity contribution in [3.63, 3.8) is 0 Å². The van der Waals surface area contributed by atoms with Gasteiger partial charge in [-0.05, 0) is 44.9 Å². The van der Waals surface area contributed by atoms with Gasteiger partial charge in [0.05, 0.1) is 11.9 Å². The minimum atomic E-state index is -0.521. The molecular weight excluding hydrogens is 408 g/mol. The predicted molar refractivity (Wildman–Crippen MR) is 121 cm³/mol. The number of aromatic nitrogens is 4. The number of nitrogens with zero attached hydrogens (tertiary/aromatic N) is 5. The van der Waals surface area contributed by atoms with Crippen LogP contribution in [0.3, 0.4) is 0 Å². The first-order chi connectivity index (χ1) is 15.3. The van der Waals surface area contributed by atoms with Crippen LogP contribution in [0.15, 0.2) is 47.0 Å². The maximum Gasteiger partial charge on any atom is 0.410 e. The van der Waals surface area contributed by atoms with Gasteiger partial charge in [-0.1, -0.05) is 24.3 Å². The molecule has 9 heteroatoms. The van der Waals surface area contributed by atoms with E-state index in [0.717, 1.165) is 11.1 Å². The van der Waals surface area contributed by atoms with Crippen LogP contribution in [0.1, 0.15) is 32.9 Å². The summed E-state index contributed by atoms with van der Waals surface area (Å²) in [4.78, 5) is 23.2. The van der Waals surface area contributed by atoms with Crippen molar-refractivity contribution in [3.05, 3.63) is 48.3 Å². The topological polar surface area (TPSA) is 106 Å². The quantitative estimate of drug-likeness (QED) is 0.649. The van der Waals surface area contributed by atoms with Gasteiger partial charge in [0, 0.05) is 25.7 Å². The molecule has 32 heavy (non-hydrogen) atoms. The Kier molecular flexibility index (Phi) is 5.89. The number of hydrogen-bond donors (Lipinski definition) is 1. The monoisotopic (exact) mass is 434 g/mol. The van der Waals surface area contributed by atoms with Crippen molar-refractivity contribution in [2.24, 2.45) is 0 Å². The van der Waals surface area contributed by atoms with Crippen LogP contribution in [0.25, 0.3) is 28.6 Å². The molecule has 166 valence electrons. The van der Waals surface area contributed by atoms with E-state index in [4.69, 9.17) is 14.1 Å². The summed E-state index contributed by atoms with van der Waals surface area (Å²) in [5.74, 6) is 1.25. The molecule has 1 aliphatic rings. The Morgan fingerprint density at radius 3 is 2.56 bits per heavy atom. The first-order valence-electron chi connectivity index (χ1n) is 10.5. The van der Waals surface area contributed by atoms with Crippen LogP contribution >= 0.6 is 0 Å². The zero-order valence-corrected chi connectivity index (χ0v) is 18.6. The summed E-state index contributed by atoms with van der Waals surface area (Å²) in [6.45, 7) is 6.57. The molecular formula is C23H26N6O3. The Morgan fingerprint density at radius 2 is 1.91 bits per heavy atom. The number of hydrogen-bond acceptors (Lipinski definition) is 8. The SMILES string of the molecule is CNc1ncc(C2=CCN(C(=O)OC(C)(C)C)CC2)nc1-c1nnc(-c2ccccc2)o1. The highest BCUT2D eigenvalue weighted by Gasteiger charge is 2.25. The van der Waals surface area contributed by atoms with Gasteiger partial charge in [-0.25, -0.2) is 14.8 Å². The Hall–Kier alpha value is -3.75. The smallest absolute Gasteiger partial charge is 0.410 e. The van der Waals surface area contributed by atoms with Crippen LogP contribution in [0, 0.1) is 0 Å². The second-order valence-electron chi connectivity index (χ2n) is 8.39. The second kappa shape index (κ2) is 8.78. The van der Waals surface area contributed by atoms with E-state index in [9.17, 15) is 4.79 Å². The maximum atomic E-state index is 12.3. The molecule has 2 aromatic heterocycles. The third-order valence-electron chi connectivity index (χ3n) is 4.85.